The SMILES string of the molecule is CCCNC(CC(F)(F)F)c1ccccc1OCCC. The molecule has 0 aliphatic rings. The van der Waals surface area contributed by atoms with Gasteiger partial charge in [0.25, 0.3) is 0 Å². The van der Waals surface area contributed by atoms with Crippen molar-refractivity contribution < 1.29 is 17.9 Å². The van der Waals surface area contributed by atoms with Crippen LogP contribution in [0.4, 0.5) is 13.2 Å². The third kappa shape index (κ3) is 5.82. The molecule has 0 saturated carbocycles. The zero-order valence-corrected chi connectivity index (χ0v) is 12.0. The zero-order valence-electron chi connectivity index (χ0n) is 12.0. The molecule has 0 aromatic heterocycles. The number of ether oxygens (including phenoxy) is 1. The Hall–Kier alpha value is -1.23. The molecule has 114 valence electrons. The molecule has 0 heterocycles. The van der Waals surface area contributed by atoms with Gasteiger partial charge >= 0.3 is 6.18 Å². The van der Waals surface area contributed by atoms with Gasteiger partial charge in [-0.1, -0.05) is 32.0 Å². The van der Waals surface area contributed by atoms with Crippen molar-refractivity contribution in [1.29, 1.82) is 0 Å². The predicted molar refractivity (Wildman–Crippen MR) is 73.9 cm³/mol. The average molecular weight is 289 g/mol. The van der Waals surface area contributed by atoms with Crippen molar-refractivity contribution in [2.45, 2.75) is 45.3 Å². The molecule has 2 nitrogen and oxygen atoms in total. The minimum absolute atomic E-state index is 0.504. The largest absolute Gasteiger partial charge is 0.493 e. The number of alkyl halides is 3. The summed E-state index contributed by atoms with van der Waals surface area (Å²) in [6, 6.07) is 6.18. The topological polar surface area (TPSA) is 21.3 Å². The molecule has 0 saturated heterocycles. The lowest BCUT2D eigenvalue weighted by Gasteiger charge is -2.23. The fourth-order valence-electron chi connectivity index (χ4n) is 1.95. The molecule has 1 unspecified atom stereocenters. The molecular formula is C15H22F3NO. The normalized spacial score (nSPS) is 13.2. The van der Waals surface area contributed by atoms with E-state index < -0.39 is 18.6 Å². The van der Waals surface area contributed by atoms with Crippen LogP contribution in [0.15, 0.2) is 24.3 Å². The molecule has 1 aromatic carbocycles. The van der Waals surface area contributed by atoms with Gasteiger partial charge in [0.15, 0.2) is 0 Å². The second-order valence-electron chi connectivity index (χ2n) is 4.71. The molecule has 0 aliphatic carbocycles. The van der Waals surface area contributed by atoms with E-state index in [2.05, 4.69) is 5.32 Å². The van der Waals surface area contributed by atoms with E-state index in [1.54, 1.807) is 24.3 Å². The maximum atomic E-state index is 12.7. The Morgan fingerprint density at radius 3 is 2.45 bits per heavy atom. The second-order valence-corrected chi connectivity index (χ2v) is 4.71. The van der Waals surface area contributed by atoms with E-state index in [0.29, 0.717) is 24.5 Å². The third-order valence-electron chi connectivity index (χ3n) is 2.83. The lowest BCUT2D eigenvalue weighted by atomic mass is 10.0. The first-order valence-electron chi connectivity index (χ1n) is 6.99. The summed E-state index contributed by atoms with van der Waals surface area (Å²) in [5.41, 5.74) is 0.576. The zero-order chi connectivity index (χ0) is 15.0. The molecule has 20 heavy (non-hydrogen) atoms. The van der Waals surface area contributed by atoms with Gasteiger partial charge in [0.2, 0.25) is 0 Å². The molecule has 1 aromatic rings. The van der Waals surface area contributed by atoms with Gasteiger partial charge in [-0.15, -0.1) is 0 Å². The Morgan fingerprint density at radius 2 is 1.85 bits per heavy atom. The van der Waals surface area contributed by atoms with Crippen molar-refractivity contribution in [1.82, 2.24) is 5.32 Å². The highest BCUT2D eigenvalue weighted by atomic mass is 19.4. The Morgan fingerprint density at radius 1 is 1.15 bits per heavy atom. The Kier molecular flexibility index (Phi) is 6.85. The number of hydrogen-bond acceptors (Lipinski definition) is 2. The predicted octanol–water partition coefficient (Wildman–Crippen LogP) is 4.47. The number of halogens is 3. The minimum Gasteiger partial charge on any atom is -0.493 e. The highest BCUT2D eigenvalue weighted by Crippen LogP contribution is 2.34. The van der Waals surface area contributed by atoms with E-state index in [4.69, 9.17) is 4.74 Å². The van der Waals surface area contributed by atoms with Crippen LogP contribution in [0.3, 0.4) is 0 Å². The van der Waals surface area contributed by atoms with Crippen molar-refractivity contribution in [3.63, 3.8) is 0 Å². The third-order valence-corrected chi connectivity index (χ3v) is 2.83. The monoisotopic (exact) mass is 289 g/mol. The molecule has 5 heteroatoms. The summed E-state index contributed by atoms with van der Waals surface area (Å²) in [6.45, 7) is 4.94. The standard InChI is InChI=1S/C15H22F3NO/c1-3-9-19-13(11-15(16,17)18)12-7-5-6-8-14(12)20-10-4-2/h5-8,13,19H,3-4,9-11H2,1-2H3. The van der Waals surface area contributed by atoms with Crippen molar-refractivity contribution in [2.24, 2.45) is 0 Å². The van der Waals surface area contributed by atoms with Crippen LogP contribution in [0, 0.1) is 0 Å². The number of para-hydroxylation sites is 1. The summed E-state index contributed by atoms with van der Waals surface area (Å²) in [7, 11) is 0. The first kappa shape index (κ1) is 16.8. The van der Waals surface area contributed by atoms with Crippen molar-refractivity contribution in [2.75, 3.05) is 13.2 Å². The van der Waals surface area contributed by atoms with Gasteiger partial charge < -0.3 is 10.1 Å². The second kappa shape index (κ2) is 8.15. The van der Waals surface area contributed by atoms with Gasteiger partial charge in [0.05, 0.1) is 13.0 Å². The first-order valence-corrected chi connectivity index (χ1v) is 6.99. The Balaban J connectivity index is 2.93. The van der Waals surface area contributed by atoms with Crippen LogP contribution in [0.2, 0.25) is 0 Å². The van der Waals surface area contributed by atoms with E-state index >= 15 is 0 Å². The van der Waals surface area contributed by atoms with Crippen LogP contribution in [0.5, 0.6) is 5.75 Å². The van der Waals surface area contributed by atoms with Gasteiger partial charge in [0.1, 0.15) is 5.75 Å². The highest BCUT2D eigenvalue weighted by Gasteiger charge is 2.33. The van der Waals surface area contributed by atoms with Crippen LogP contribution >= 0.6 is 0 Å². The average Bonchev–Trinajstić information content (AvgIpc) is 2.40. The highest BCUT2D eigenvalue weighted by molar-refractivity contribution is 5.36. The summed E-state index contributed by atoms with van der Waals surface area (Å²) in [4.78, 5) is 0. The quantitative estimate of drug-likeness (QED) is 0.762. The van der Waals surface area contributed by atoms with Crippen LogP contribution in [0.25, 0.3) is 0 Å². The number of nitrogens with one attached hydrogen (secondary N) is 1. The molecule has 0 radical (unpaired) electrons. The lowest BCUT2D eigenvalue weighted by Crippen LogP contribution is -2.27. The lowest BCUT2D eigenvalue weighted by molar-refractivity contribution is -0.140. The smallest absolute Gasteiger partial charge is 0.390 e. The van der Waals surface area contributed by atoms with Gasteiger partial charge in [-0.05, 0) is 25.5 Å². The maximum Gasteiger partial charge on any atom is 0.390 e. The van der Waals surface area contributed by atoms with E-state index in [0.717, 1.165) is 12.8 Å². The molecule has 0 aliphatic heterocycles. The maximum absolute atomic E-state index is 12.7. The van der Waals surface area contributed by atoms with Gasteiger partial charge in [-0.2, -0.15) is 13.2 Å². The summed E-state index contributed by atoms with van der Waals surface area (Å²) in [5.74, 6) is 0.534. The van der Waals surface area contributed by atoms with E-state index in [9.17, 15) is 13.2 Å². The fourth-order valence-corrected chi connectivity index (χ4v) is 1.95. The summed E-state index contributed by atoms with van der Waals surface area (Å²) < 4.78 is 43.7. The molecule has 0 spiro atoms. The molecular weight excluding hydrogens is 267 g/mol. The van der Waals surface area contributed by atoms with E-state index in [1.165, 1.54) is 0 Å². The summed E-state index contributed by atoms with van der Waals surface area (Å²) in [5, 5.41) is 2.96. The Bertz CT molecular complexity index is 393. The fraction of sp³-hybridized carbons (Fsp3) is 0.600. The molecule has 0 amide bonds. The first-order chi connectivity index (χ1) is 9.48. The number of rotatable bonds is 8. The molecule has 1 rings (SSSR count). The summed E-state index contributed by atoms with van der Waals surface area (Å²) >= 11 is 0. The van der Waals surface area contributed by atoms with E-state index in [1.807, 2.05) is 13.8 Å². The van der Waals surface area contributed by atoms with E-state index in [-0.39, 0.29) is 0 Å². The van der Waals surface area contributed by atoms with Crippen LogP contribution < -0.4 is 10.1 Å². The van der Waals surface area contributed by atoms with Gasteiger partial charge in [-0.3, -0.25) is 0 Å². The van der Waals surface area contributed by atoms with Crippen LogP contribution in [0.1, 0.15) is 44.7 Å². The summed E-state index contributed by atoms with van der Waals surface area (Å²) in [6.07, 6.45) is -3.49. The molecule has 1 N–H and O–H groups in total. The molecule has 0 bridgehead atoms. The number of hydrogen-bond donors (Lipinski definition) is 1. The van der Waals surface area contributed by atoms with Crippen molar-refractivity contribution in [3.05, 3.63) is 29.8 Å². The number of benzene rings is 1. The van der Waals surface area contributed by atoms with Crippen LogP contribution in [-0.2, 0) is 0 Å². The molecule has 1 atom stereocenters. The van der Waals surface area contributed by atoms with Gasteiger partial charge in [0, 0.05) is 11.6 Å². The van der Waals surface area contributed by atoms with Gasteiger partial charge in [-0.25, -0.2) is 0 Å². The van der Waals surface area contributed by atoms with Crippen molar-refractivity contribution >= 4 is 0 Å². The van der Waals surface area contributed by atoms with Crippen LogP contribution in [-0.4, -0.2) is 19.3 Å². The van der Waals surface area contributed by atoms with Crippen molar-refractivity contribution in [3.8, 4) is 5.75 Å². The Labute approximate surface area is 118 Å². The minimum atomic E-state index is -4.21. The molecule has 0 fully saturated rings.